The standard InChI is InChI=1S/C52H77FN6O12.C41H59FN4O9.C11H20N2O4.CH3F/c1-33(2)28-36(31-41(60)39(29-34-18-14-13-15-19-34)56-43(62)40(57-47(66)70-50(6,7)8)30-35-21-23-37(53)24-22-35)42(61)55-38(20-16-17-26-54-46(65)69-49(3,4)5)44(63)59-27-25-52(32-59,45(64)68-12)58-48(67)71-51(9,10)11;1-26(2)22-29(35(48)44-31(37(50)51)16-12-13-21-43-38(52)54-40(3,4)5)25-34(47)32(23-27-14-10-9-11-15-27)45-36(49)33(46-39(53)55-41(6,7)8)24-28-17-19-30(42)20-18-28;1-10(2,3)17-9(15)13-11(8(14)16-4)5-6-12-7-11;1-2/h13-15,18-19,21-24,33,36,38-40H,16-17,20,25-32H2,1-12H3,(H,54,65)(H,55,61)(H,56,62)(H,57,66)(H,58,67);9-11,14-15,17-20,26,29,31-33H,12-13,16,21-25H2,1-8H3,(H,43,52)(H,44,48)(H,45,49)(H,46,53)(H,50,51);12H,5-7H2,1-4H3,(H,13,15);1H3/t36-,38+,39+,40+,52?;29-,31+,32+,33+;;/m00../s1/i;;;1D. The number of esters is 2. The minimum absolute atomic E-state index is 0.00993. The quantitative estimate of drug-likeness (QED) is 0.0111. The molecule has 0 aromatic heterocycles. The summed E-state index contributed by atoms with van der Waals surface area (Å²) in [5.41, 5.74) is -4.77. The number of unbranched alkanes of at least 4 members (excludes halogenated alkanes) is 2. The van der Waals surface area contributed by atoms with Crippen LogP contribution < -0.4 is 58.5 Å². The predicted octanol–water partition coefficient (Wildman–Crippen LogP) is 13.3. The van der Waals surface area contributed by atoms with Gasteiger partial charge in [-0.15, -0.1) is 0 Å². The largest absolute Gasteiger partial charge is 0.480 e. The van der Waals surface area contributed by atoms with E-state index in [0.717, 1.165) is 5.56 Å². The molecule has 2 heterocycles. The maximum absolute atomic E-state index is 14.6. The fourth-order valence-corrected chi connectivity index (χ4v) is 15.2. The number of alkyl carbamates (subject to hydrolysis) is 6. The minimum Gasteiger partial charge on any atom is -0.480 e. The number of carbonyl (C=O) groups excluding carboxylic acids is 15. The number of methoxy groups -OCH3 is 2. The number of benzene rings is 4. The zero-order valence-corrected chi connectivity index (χ0v) is 88.8. The first kappa shape index (κ1) is 125. The minimum atomic E-state index is -1.65. The Bertz CT molecular complexity index is 4860. The lowest BCUT2D eigenvalue weighted by atomic mass is 9.88. The van der Waals surface area contributed by atoms with Crippen LogP contribution >= 0.6 is 0 Å². The van der Waals surface area contributed by atoms with Gasteiger partial charge in [-0.3, -0.25) is 38.0 Å². The molecule has 0 aliphatic carbocycles. The summed E-state index contributed by atoms with van der Waals surface area (Å²) in [6, 6.07) is 21.6. The molecule has 40 heteroatoms. The van der Waals surface area contributed by atoms with Gasteiger partial charge in [-0.05, 0) is 260 Å². The highest BCUT2D eigenvalue weighted by atomic mass is 19.1. The van der Waals surface area contributed by atoms with Gasteiger partial charge in [0.1, 0.15) is 69.4 Å². The van der Waals surface area contributed by atoms with Gasteiger partial charge < -0.3 is 106 Å². The van der Waals surface area contributed by atoms with E-state index in [2.05, 4.69) is 58.5 Å². The molecule has 6 rings (SSSR count). The number of alkyl halides is 1. The third-order valence-corrected chi connectivity index (χ3v) is 21.6. The lowest BCUT2D eigenvalue weighted by molar-refractivity contribution is -0.149. The van der Waals surface area contributed by atoms with Crippen LogP contribution in [-0.2, 0) is 112 Å². The predicted molar refractivity (Wildman–Crippen MR) is 537 cm³/mol. The molecule has 4 aromatic carbocycles. The molecule has 2 fully saturated rings. The Hall–Kier alpha value is -12.7. The fourth-order valence-electron chi connectivity index (χ4n) is 15.2. The maximum Gasteiger partial charge on any atom is 0.408 e. The SMILES string of the molecule is CC(C)C[C@@H](CC(=O)[C@@H](Cc1ccccc1)NC(=O)[C@@H](Cc1ccc(F)cc1)NC(=O)OC(C)(C)C)C(=O)N[C@H](CCCCNC(=O)OC(C)(C)C)C(=O)O.COC(=O)C1(NC(=O)OC(C)(C)C)CCN(C(=O)[C@@H](CCCCNC(=O)OC(C)(C)C)NC(=O)[C@H](CC(=O)[C@@H](Cc2ccccc2)NC(=O)[C@@H](Cc2ccc(F)cc2)NC(=O)OC(C)(C)C)CC(C)C)C1.COC(=O)C1(NC(=O)OC(C)(C)C)CCNC1.[2H]CF. The van der Waals surface area contributed by atoms with Crippen molar-refractivity contribution < 1.29 is 134 Å². The Morgan fingerprint density at radius 1 is 0.407 bits per heavy atom. The van der Waals surface area contributed by atoms with Crippen molar-refractivity contribution in [2.45, 2.75) is 336 Å². The first-order valence-corrected chi connectivity index (χ1v) is 48.8. The zero-order chi connectivity index (χ0) is 110. The molecule has 0 saturated carbocycles. The Balaban J connectivity index is 0.000000642. The highest BCUT2D eigenvalue weighted by molar-refractivity contribution is 5.98. The van der Waals surface area contributed by atoms with Crippen LogP contribution in [0.15, 0.2) is 109 Å². The summed E-state index contributed by atoms with van der Waals surface area (Å²) in [5.74, 6) is -9.60. The number of carboxylic acid groups (broad SMARTS) is 1. The molecule has 11 amide bonds. The van der Waals surface area contributed by atoms with E-state index in [4.69, 9.17) is 39.3 Å². The Kier molecular flexibility index (Phi) is 51.3. The van der Waals surface area contributed by atoms with Gasteiger partial charge in [0, 0.05) is 70.1 Å². The zero-order valence-electron chi connectivity index (χ0n) is 89.8. The van der Waals surface area contributed by atoms with Crippen LogP contribution in [0.2, 0.25) is 0 Å². The van der Waals surface area contributed by atoms with Crippen LogP contribution in [0, 0.1) is 35.3 Å². The van der Waals surface area contributed by atoms with Crippen molar-refractivity contribution in [2.24, 2.45) is 23.7 Å². The van der Waals surface area contributed by atoms with E-state index < -0.39 is 207 Å². The van der Waals surface area contributed by atoms with Gasteiger partial charge in [0.15, 0.2) is 22.6 Å². The third-order valence-electron chi connectivity index (χ3n) is 21.6. The third kappa shape index (κ3) is 51.1. The number of halogens is 3. The number of ether oxygens (including phenoxy) is 8. The number of carboxylic acids is 1. The molecule has 2 unspecified atom stereocenters. The number of hydrogen-bond acceptors (Lipinski definition) is 25. The van der Waals surface area contributed by atoms with Crippen molar-refractivity contribution in [1.29, 1.82) is 0 Å². The molecule has 810 valence electrons. The van der Waals surface area contributed by atoms with Gasteiger partial charge in [-0.2, -0.15) is 0 Å². The van der Waals surface area contributed by atoms with Crippen LogP contribution in [0.4, 0.5) is 41.9 Å². The van der Waals surface area contributed by atoms with Crippen LogP contribution in [0.5, 0.6) is 0 Å². The van der Waals surface area contributed by atoms with Crippen LogP contribution in [-0.4, -0.2) is 247 Å². The second kappa shape index (κ2) is 59.7. The van der Waals surface area contributed by atoms with Gasteiger partial charge in [0.2, 0.25) is 29.5 Å². The second-order valence-corrected chi connectivity index (χ2v) is 42.7. The summed E-state index contributed by atoms with van der Waals surface area (Å²) >= 11 is 0. The topological polar surface area (TPSA) is 503 Å². The van der Waals surface area contributed by atoms with Crippen LogP contribution in [0.3, 0.4) is 0 Å². The van der Waals surface area contributed by atoms with Gasteiger partial charge in [0.05, 0.1) is 41.4 Å². The van der Waals surface area contributed by atoms with Crippen molar-refractivity contribution in [3.63, 3.8) is 0 Å². The molecule has 2 aliphatic heterocycles. The normalized spacial score (nSPS) is 16.3. The molecule has 2 saturated heterocycles. The molecule has 10 atom stereocenters. The average molecular weight is 2050 g/mol. The van der Waals surface area contributed by atoms with Crippen molar-refractivity contribution in [2.75, 3.05) is 60.6 Å². The number of nitrogens with zero attached hydrogens (tertiary/aromatic N) is 1. The van der Waals surface area contributed by atoms with E-state index in [1.165, 1.54) is 67.7 Å². The van der Waals surface area contributed by atoms with Crippen molar-refractivity contribution in [1.82, 2.24) is 63.4 Å². The van der Waals surface area contributed by atoms with Crippen molar-refractivity contribution in [3.05, 3.63) is 143 Å². The number of carbonyl (C=O) groups is 16. The number of hydrogen-bond donors (Lipinski definition) is 12. The molecular formula is C105H159F3N12O25. The molecule has 12 N–H and O–H groups in total. The molecule has 2 aliphatic rings. The summed E-state index contributed by atoms with van der Waals surface area (Å²) in [6.45, 7) is 39.5. The Morgan fingerprint density at radius 2 is 0.724 bits per heavy atom. The number of amides is 11. The van der Waals surface area contributed by atoms with Gasteiger partial charge in [-0.25, -0.2) is 51.9 Å². The van der Waals surface area contributed by atoms with Crippen LogP contribution in [0.25, 0.3) is 0 Å². The van der Waals surface area contributed by atoms with Gasteiger partial charge in [0.25, 0.3) is 0 Å². The molecule has 145 heavy (non-hydrogen) atoms. The number of rotatable bonds is 44. The number of ketones is 2. The first-order valence-electron chi connectivity index (χ1n) is 49.5. The lowest BCUT2D eigenvalue weighted by Gasteiger charge is -2.31. The number of likely N-dealkylation sites (tertiary alicyclic amines) is 1. The summed E-state index contributed by atoms with van der Waals surface area (Å²) in [5, 5.41) is 39.7. The number of aliphatic carboxylic acids is 1. The van der Waals surface area contributed by atoms with Crippen molar-refractivity contribution in [3.8, 4) is 0 Å². The second-order valence-electron chi connectivity index (χ2n) is 42.7. The van der Waals surface area contributed by atoms with E-state index in [0.29, 0.717) is 61.9 Å². The average Bonchev–Trinajstić information content (AvgIpc) is 1.64. The van der Waals surface area contributed by atoms with E-state index in [-0.39, 0.29) is 109 Å². The van der Waals surface area contributed by atoms with E-state index in [1.807, 2.05) is 33.8 Å². The summed E-state index contributed by atoms with van der Waals surface area (Å²) in [7, 11) is 1.47. The van der Waals surface area contributed by atoms with Gasteiger partial charge in [-0.1, -0.05) is 113 Å². The Labute approximate surface area is 852 Å². The summed E-state index contributed by atoms with van der Waals surface area (Å²) in [6.07, 6.45) is -2.36. The highest BCUT2D eigenvalue weighted by Crippen LogP contribution is 2.29. The molecule has 37 nitrogen and oxygen atoms in total. The maximum atomic E-state index is 14.6. The van der Waals surface area contributed by atoms with Crippen molar-refractivity contribution >= 4 is 95.6 Å². The van der Waals surface area contributed by atoms with E-state index >= 15 is 0 Å². The first-order chi connectivity index (χ1) is 67.8. The molecule has 0 radical (unpaired) electrons. The lowest BCUT2D eigenvalue weighted by Crippen LogP contribution is -2.59. The van der Waals surface area contributed by atoms with Gasteiger partial charge >= 0.3 is 54.5 Å². The molecule has 0 spiro atoms. The smallest absolute Gasteiger partial charge is 0.408 e. The summed E-state index contributed by atoms with van der Waals surface area (Å²) in [4.78, 5) is 213. The molecule has 0 bridgehead atoms. The summed E-state index contributed by atoms with van der Waals surface area (Å²) < 4.78 is 84.7. The Morgan fingerprint density at radius 3 is 1.06 bits per heavy atom. The van der Waals surface area contributed by atoms with E-state index in [1.54, 1.807) is 179 Å². The molecular weight excluding hydrogens is 1890 g/mol. The number of nitrogens with one attached hydrogen (secondary N) is 11. The van der Waals surface area contributed by atoms with E-state index in [9.17, 15) is 95.0 Å². The number of Topliss-reactive ketones (excluding diaryl/α,β-unsaturated/α-hetero) is 2. The highest BCUT2D eigenvalue weighted by Gasteiger charge is 2.51. The molecule has 4 aromatic rings. The monoisotopic (exact) mass is 2050 g/mol. The van der Waals surface area contributed by atoms with Crippen LogP contribution in [0.1, 0.15) is 253 Å². The fraction of sp³-hybridized carbons (Fsp3) is 0.619.